The molecular formula is C19H27N3O2. The fourth-order valence-corrected chi connectivity index (χ4v) is 3.73. The normalized spacial score (nSPS) is 20.9. The quantitative estimate of drug-likeness (QED) is 0.770. The number of amides is 2. The van der Waals surface area contributed by atoms with Crippen LogP contribution >= 0.6 is 0 Å². The van der Waals surface area contributed by atoms with Crippen molar-refractivity contribution in [2.75, 3.05) is 19.6 Å². The highest BCUT2D eigenvalue weighted by molar-refractivity contribution is 5.85. The average Bonchev–Trinajstić information content (AvgIpc) is 2.65. The monoisotopic (exact) mass is 329 g/mol. The molecule has 1 unspecified atom stereocenters. The van der Waals surface area contributed by atoms with E-state index in [1.807, 2.05) is 6.07 Å². The smallest absolute Gasteiger partial charge is 0.239 e. The lowest BCUT2D eigenvalue weighted by atomic mass is 9.89. The summed E-state index contributed by atoms with van der Waals surface area (Å²) in [6.45, 7) is 1.55. The maximum atomic E-state index is 12.1. The number of rotatable bonds is 5. The highest BCUT2D eigenvalue weighted by Gasteiger charge is 2.22. The molecular weight excluding hydrogens is 302 g/mol. The van der Waals surface area contributed by atoms with Crippen molar-refractivity contribution < 1.29 is 9.59 Å². The van der Waals surface area contributed by atoms with Crippen LogP contribution in [0, 0.1) is 5.92 Å². The van der Waals surface area contributed by atoms with Gasteiger partial charge in [0.1, 0.15) is 0 Å². The van der Waals surface area contributed by atoms with Crippen LogP contribution in [-0.4, -0.2) is 31.4 Å². The molecule has 1 saturated carbocycles. The molecule has 1 fully saturated rings. The lowest BCUT2D eigenvalue weighted by Gasteiger charge is -2.27. The zero-order valence-electron chi connectivity index (χ0n) is 14.1. The van der Waals surface area contributed by atoms with E-state index >= 15 is 0 Å². The standard InChI is InChI=1S/C19H27N3O2/c23-18(13-22-19(24)15-7-2-1-3-8-15)21-12-17-16-9-5-4-6-14(16)10-11-20-17/h4-6,9,15,17,20H,1-3,7-8,10-13H2,(H,21,23)(H,22,24). The van der Waals surface area contributed by atoms with Crippen LogP contribution in [-0.2, 0) is 16.0 Å². The third-order valence-electron chi connectivity index (χ3n) is 5.12. The van der Waals surface area contributed by atoms with Crippen LogP contribution in [0.25, 0.3) is 0 Å². The zero-order valence-corrected chi connectivity index (χ0v) is 14.1. The zero-order chi connectivity index (χ0) is 16.8. The molecule has 1 aromatic rings. The summed E-state index contributed by atoms with van der Waals surface area (Å²) < 4.78 is 0. The minimum atomic E-state index is -0.121. The maximum Gasteiger partial charge on any atom is 0.239 e. The Morgan fingerprint density at radius 2 is 1.88 bits per heavy atom. The van der Waals surface area contributed by atoms with E-state index in [1.54, 1.807) is 0 Å². The van der Waals surface area contributed by atoms with Crippen molar-refractivity contribution in [3.8, 4) is 0 Å². The van der Waals surface area contributed by atoms with Crippen LogP contribution in [0.3, 0.4) is 0 Å². The van der Waals surface area contributed by atoms with Crippen molar-refractivity contribution in [2.45, 2.75) is 44.6 Å². The van der Waals surface area contributed by atoms with Crippen LogP contribution in [0.15, 0.2) is 24.3 Å². The SMILES string of the molecule is O=C(CNC(=O)C1CCCCC1)NCC1NCCc2ccccc21. The van der Waals surface area contributed by atoms with Crippen molar-refractivity contribution in [1.82, 2.24) is 16.0 Å². The molecule has 0 aromatic heterocycles. The van der Waals surface area contributed by atoms with Gasteiger partial charge in [0.2, 0.25) is 11.8 Å². The molecule has 1 aliphatic heterocycles. The van der Waals surface area contributed by atoms with Crippen molar-refractivity contribution in [1.29, 1.82) is 0 Å². The van der Waals surface area contributed by atoms with Gasteiger partial charge < -0.3 is 16.0 Å². The van der Waals surface area contributed by atoms with Crippen molar-refractivity contribution in [2.24, 2.45) is 5.92 Å². The summed E-state index contributed by atoms with van der Waals surface area (Å²) in [5.74, 6) is 0.00781. The van der Waals surface area contributed by atoms with Crippen LogP contribution in [0.1, 0.15) is 49.3 Å². The molecule has 3 rings (SSSR count). The second-order valence-corrected chi connectivity index (χ2v) is 6.81. The summed E-state index contributed by atoms with van der Waals surface area (Å²) in [7, 11) is 0. The van der Waals surface area contributed by atoms with E-state index in [0.29, 0.717) is 6.54 Å². The van der Waals surface area contributed by atoms with Crippen molar-refractivity contribution >= 4 is 11.8 Å². The third-order valence-corrected chi connectivity index (χ3v) is 5.12. The van der Waals surface area contributed by atoms with E-state index in [2.05, 4.69) is 34.1 Å². The number of benzene rings is 1. The summed E-state index contributed by atoms with van der Waals surface area (Å²) in [5.41, 5.74) is 2.61. The molecule has 0 bridgehead atoms. The molecule has 1 aromatic carbocycles. The van der Waals surface area contributed by atoms with Gasteiger partial charge in [0, 0.05) is 18.5 Å². The van der Waals surface area contributed by atoms with Crippen LogP contribution in [0.4, 0.5) is 0 Å². The summed E-state index contributed by atoms with van der Waals surface area (Å²) in [4.78, 5) is 24.1. The number of fused-ring (bicyclic) bond motifs is 1. The predicted octanol–water partition coefficient (Wildman–Crippen LogP) is 1.69. The molecule has 5 heteroatoms. The summed E-state index contributed by atoms with van der Waals surface area (Å²) in [6, 6.07) is 8.50. The van der Waals surface area contributed by atoms with Gasteiger partial charge in [-0.2, -0.15) is 0 Å². The Balaban J connectivity index is 1.42. The highest BCUT2D eigenvalue weighted by Crippen LogP contribution is 2.23. The Hall–Kier alpha value is -1.88. The summed E-state index contributed by atoms with van der Waals surface area (Å²) in [5, 5.41) is 9.17. The van der Waals surface area contributed by atoms with Crippen LogP contribution in [0.5, 0.6) is 0 Å². The molecule has 130 valence electrons. The van der Waals surface area contributed by atoms with E-state index < -0.39 is 0 Å². The predicted molar refractivity (Wildman–Crippen MR) is 93.5 cm³/mol. The first-order valence-electron chi connectivity index (χ1n) is 9.09. The van der Waals surface area contributed by atoms with Gasteiger partial charge in [-0.15, -0.1) is 0 Å². The molecule has 5 nitrogen and oxygen atoms in total. The van der Waals surface area contributed by atoms with Gasteiger partial charge in [-0.3, -0.25) is 9.59 Å². The second kappa shape index (κ2) is 8.29. The number of hydrogen-bond donors (Lipinski definition) is 3. The Labute approximate surface area is 143 Å². The largest absolute Gasteiger partial charge is 0.353 e. The minimum absolute atomic E-state index is 0.0333. The number of hydrogen-bond acceptors (Lipinski definition) is 3. The molecule has 24 heavy (non-hydrogen) atoms. The van der Waals surface area contributed by atoms with Crippen molar-refractivity contribution in [3.05, 3.63) is 35.4 Å². The lowest BCUT2D eigenvalue weighted by Crippen LogP contribution is -2.43. The van der Waals surface area contributed by atoms with Crippen LogP contribution < -0.4 is 16.0 Å². The molecule has 0 saturated heterocycles. The van der Waals surface area contributed by atoms with Gasteiger partial charge in [-0.25, -0.2) is 0 Å². The number of carbonyl (C=O) groups excluding carboxylic acids is 2. The van der Waals surface area contributed by atoms with E-state index in [1.165, 1.54) is 17.5 Å². The summed E-state index contributed by atoms with van der Waals surface area (Å²) >= 11 is 0. The van der Waals surface area contributed by atoms with Crippen molar-refractivity contribution in [3.63, 3.8) is 0 Å². The van der Waals surface area contributed by atoms with E-state index in [0.717, 1.165) is 38.6 Å². The highest BCUT2D eigenvalue weighted by atomic mass is 16.2. The molecule has 1 atom stereocenters. The van der Waals surface area contributed by atoms with E-state index in [4.69, 9.17) is 0 Å². The average molecular weight is 329 g/mol. The Morgan fingerprint density at radius 1 is 1.08 bits per heavy atom. The van der Waals surface area contributed by atoms with Gasteiger partial charge >= 0.3 is 0 Å². The van der Waals surface area contributed by atoms with Gasteiger partial charge in [-0.1, -0.05) is 43.5 Å². The van der Waals surface area contributed by atoms with Gasteiger partial charge in [0.05, 0.1) is 6.54 Å². The lowest BCUT2D eigenvalue weighted by molar-refractivity contribution is -0.129. The Morgan fingerprint density at radius 3 is 2.71 bits per heavy atom. The molecule has 2 aliphatic rings. The maximum absolute atomic E-state index is 12.1. The van der Waals surface area contributed by atoms with Gasteiger partial charge in [-0.05, 0) is 36.9 Å². The molecule has 3 N–H and O–H groups in total. The Bertz CT molecular complexity index is 582. The van der Waals surface area contributed by atoms with Gasteiger partial charge in [0.15, 0.2) is 0 Å². The van der Waals surface area contributed by atoms with Crippen LogP contribution in [0.2, 0.25) is 0 Å². The minimum Gasteiger partial charge on any atom is -0.353 e. The molecule has 2 amide bonds. The summed E-state index contributed by atoms with van der Waals surface area (Å²) in [6.07, 6.45) is 6.40. The first kappa shape index (κ1) is 17.0. The Kier molecular flexibility index (Phi) is 5.86. The van der Waals surface area contributed by atoms with Gasteiger partial charge in [0.25, 0.3) is 0 Å². The molecule has 1 heterocycles. The first-order chi connectivity index (χ1) is 11.7. The molecule has 1 aliphatic carbocycles. The third kappa shape index (κ3) is 4.35. The topological polar surface area (TPSA) is 70.2 Å². The number of nitrogens with one attached hydrogen (secondary N) is 3. The second-order valence-electron chi connectivity index (χ2n) is 6.81. The first-order valence-corrected chi connectivity index (χ1v) is 9.09. The van der Waals surface area contributed by atoms with E-state index in [-0.39, 0.29) is 30.3 Å². The van der Waals surface area contributed by atoms with E-state index in [9.17, 15) is 9.59 Å². The molecule has 0 radical (unpaired) electrons. The molecule has 0 spiro atoms. The number of carbonyl (C=O) groups is 2. The fourth-order valence-electron chi connectivity index (χ4n) is 3.73. The fraction of sp³-hybridized carbons (Fsp3) is 0.579.